The first-order valence-electron chi connectivity index (χ1n) is 9.13. The summed E-state index contributed by atoms with van der Waals surface area (Å²) in [6.45, 7) is 13.0. The molecule has 2 aliphatic rings. The van der Waals surface area contributed by atoms with Crippen molar-refractivity contribution in [3.63, 3.8) is 0 Å². The van der Waals surface area contributed by atoms with Gasteiger partial charge in [-0.15, -0.1) is 0 Å². The molecule has 2 aliphatic heterocycles. The van der Waals surface area contributed by atoms with Crippen molar-refractivity contribution in [3.05, 3.63) is 29.8 Å². The number of hydrogen-bond acceptors (Lipinski definition) is 4. The summed E-state index contributed by atoms with van der Waals surface area (Å²) in [5, 5.41) is 9.80. The van der Waals surface area contributed by atoms with E-state index in [4.69, 9.17) is 0 Å². The van der Waals surface area contributed by atoms with Gasteiger partial charge in [0.15, 0.2) is 0 Å². The van der Waals surface area contributed by atoms with E-state index in [1.807, 2.05) is 6.92 Å². The zero-order chi connectivity index (χ0) is 16.2. The maximum atomic E-state index is 9.80. The summed E-state index contributed by atoms with van der Waals surface area (Å²) in [4.78, 5) is 7.56. The fraction of sp³-hybridized carbons (Fsp3) is 0.684. The molecule has 0 aromatic heterocycles. The second-order valence-electron chi connectivity index (χ2n) is 7.07. The molecule has 1 aromatic rings. The van der Waals surface area contributed by atoms with E-state index in [0.29, 0.717) is 5.92 Å². The van der Waals surface area contributed by atoms with Crippen LogP contribution in [-0.4, -0.2) is 66.8 Å². The Labute approximate surface area is 140 Å². The summed E-state index contributed by atoms with van der Waals surface area (Å²) in [7, 11) is 0. The molecule has 0 bridgehead atoms. The summed E-state index contributed by atoms with van der Waals surface area (Å²) < 4.78 is 0. The Balaban J connectivity index is 1.65. The highest BCUT2D eigenvalue weighted by Crippen LogP contribution is 2.27. The van der Waals surface area contributed by atoms with Crippen LogP contribution in [0.25, 0.3) is 0 Å². The fourth-order valence-corrected chi connectivity index (χ4v) is 3.90. The first-order chi connectivity index (χ1) is 11.2. The summed E-state index contributed by atoms with van der Waals surface area (Å²) in [6, 6.07) is 8.87. The average molecular weight is 317 g/mol. The quantitative estimate of drug-likeness (QED) is 0.900. The Kier molecular flexibility index (Phi) is 5.57. The van der Waals surface area contributed by atoms with Gasteiger partial charge in [0.1, 0.15) is 0 Å². The van der Waals surface area contributed by atoms with Gasteiger partial charge >= 0.3 is 0 Å². The highest BCUT2D eigenvalue weighted by molar-refractivity contribution is 5.54. The van der Waals surface area contributed by atoms with Gasteiger partial charge in [-0.25, -0.2) is 0 Å². The van der Waals surface area contributed by atoms with Gasteiger partial charge in [-0.2, -0.15) is 0 Å². The monoisotopic (exact) mass is 317 g/mol. The van der Waals surface area contributed by atoms with Crippen LogP contribution in [0.2, 0.25) is 0 Å². The Morgan fingerprint density at radius 3 is 2.48 bits per heavy atom. The third kappa shape index (κ3) is 4.06. The second-order valence-corrected chi connectivity index (χ2v) is 7.07. The number of rotatable bonds is 5. The standard InChI is InChI=1S/C19H31N3O/c1-3-20-10-12-22(13-11-20)19-7-5-4-6-18(19)15-21-9-8-17(14-21)16(2)23/h4-7,16-17,23H,3,8-15H2,1-2H3. The number of aliphatic hydroxyl groups excluding tert-OH is 1. The Hall–Kier alpha value is -1.10. The van der Waals surface area contributed by atoms with Crippen molar-refractivity contribution < 1.29 is 5.11 Å². The van der Waals surface area contributed by atoms with Gasteiger partial charge in [0, 0.05) is 45.0 Å². The number of anilines is 1. The molecule has 0 amide bonds. The third-order valence-electron chi connectivity index (χ3n) is 5.54. The van der Waals surface area contributed by atoms with Gasteiger partial charge in [-0.05, 0) is 44.0 Å². The predicted molar refractivity (Wildman–Crippen MR) is 95.8 cm³/mol. The van der Waals surface area contributed by atoms with Crippen LogP contribution in [-0.2, 0) is 6.54 Å². The zero-order valence-electron chi connectivity index (χ0n) is 14.6. The second kappa shape index (κ2) is 7.65. The van der Waals surface area contributed by atoms with Crippen molar-refractivity contribution in [2.75, 3.05) is 50.7 Å². The lowest BCUT2D eigenvalue weighted by atomic mass is 10.0. The van der Waals surface area contributed by atoms with Crippen LogP contribution in [0.3, 0.4) is 0 Å². The van der Waals surface area contributed by atoms with Crippen LogP contribution >= 0.6 is 0 Å². The molecule has 2 saturated heterocycles. The van der Waals surface area contributed by atoms with Crippen molar-refractivity contribution in [1.29, 1.82) is 0 Å². The number of piperazine rings is 1. The average Bonchev–Trinajstić information content (AvgIpc) is 3.04. The maximum Gasteiger partial charge on any atom is 0.0552 e. The van der Waals surface area contributed by atoms with Crippen LogP contribution < -0.4 is 4.90 Å². The molecule has 2 heterocycles. The highest BCUT2D eigenvalue weighted by atomic mass is 16.3. The van der Waals surface area contributed by atoms with Gasteiger partial charge in [-0.3, -0.25) is 4.90 Å². The van der Waals surface area contributed by atoms with E-state index in [2.05, 4.69) is 45.9 Å². The number of likely N-dealkylation sites (N-methyl/N-ethyl adjacent to an activating group) is 1. The van der Waals surface area contributed by atoms with E-state index >= 15 is 0 Å². The number of para-hydroxylation sites is 1. The topological polar surface area (TPSA) is 30.0 Å². The number of hydrogen-bond donors (Lipinski definition) is 1. The minimum Gasteiger partial charge on any atom is -0.393 e. The molecule has 2 atom stereocenters. The Bertz CT molecular complexity index is 497. The number of nitrogens with zero attached hydrogens (tertiary/aromatic N) is 3. The van der Waals surface area contributed by atoms with Crippen molar-refractivity contribution in [2.45, 2.75) is 32.9 Å². The van der Waals surface area contributed by atoms with Crippen molar-refractivity contribution in [3.8, 4) is 0 Å². The molecule has 0 saturated carbocycles. The SMILES string of the molecule is CCN1CCN(c2ccccc2CN2CCC(C(C)O)C2)CC1. The smallest absolute Gasteiger partial charge is 0.0552 e. The molecule has 0 spiro atoms. The highest BCUT2D eigenvalue weighted by Gasteiger charge is 2.27. The van der Waals surface area contributed by atoms with Crippen LogP contribution in [0.15, 0.2) is 24.3 Å². The molecule has 2 unspecified atom stereocenters. The number of benzene rings is 1. The molecular formula is C19H31N3O. The lowest BCUT2D eigenvalue weighted by molar-refractivity contribution is 0.127. The van der Waals surface area contributed by atoms with Crippen molar-refractivity contribution >= 4 is 5.69 Å². The zero-order valence-corrected chi connectivity index (χ0v) is 14.6. The normalized spacial score (nSPS) is 25.0. The number of likely N-dealkylation sites (tertiary alicyclic amines) is 1. The van der Waals surface area contributed by atoms with Gasteiger partial charge in [0.05, 0.1) is 6.10 Å². The summed E-state index contributed by atoms with van der Waals surface area (Å²) in [6.07, 6.45) is 0.937. The largest absolute Gasteiger partial charge is 0.393 e. The van der Waals surface area contributed by atoms with Crippen LogP contribution in [0.4, 0.5) is 5.69 Å². The summed E-state index contributed by atoms with van der Waals surface area (Å²) in [5.74, 6) is 0.440. The Morgan fingerprint density at radius 1 is 1.09 bits per heavy atom. The molecular weight excluding hydrogens is 286 g/mol. The summed E-state index contributed by atoms with van der Waals surface area (Å²) in [5.41, 5.74) is 2.84. The molecule has 0 aliphatic carbocycles. The van der Waals surface area contributed by atoms with Gasteiger partial charge < -0.3 is 14.9 Å². The molecule has 1 aromatic carbocycles. The molecule has 3 rings (SSSR count). The lowest BCUT2D eigenvalue weighted by Crippen LogP contribution is -2.46. The van der Waals surface area contributed by atoms with Gasteiger partial charge in [-0.1, -0.05) is 25.1 Å². The van der Waals surface area contributed by atoms with Crippen molar-refractivity contribution in [2.24, 2.45) is 5.92 Å². The van der Waals surface area contributed by atoms with Crippen LogP contribution in [0.5, 0.6) is 0 Å². The first kappa shape index (κ1) is 16.7. The van der Waals surface area contributed by atoms with E-state index in [-0.39, 0.29) is 6.10 Å². The minimum absolute atomic E-state index is 0.183. The molecule has 4 nitrogen and oxygen atoms in total. The minimum atomic E-state index is -0.183. The van der Waals surface area contributed by atoms with Crippen LogP contribution in [0.1, 0.15) is 25.8 Å². The molecule has 4 heteroatoms. The van der Waals surface area contributed by atoms with E-state index in [1.54, 1.807) is 0 Å². The number of aliphatic hydroxyl groups is 1. The fourth-order valence-electron chi connectivity index (χ4n) is 3.90. The molecule has 0 radical (unpaired) electrons. The molecule has 1 N–H and O–H groups in total. The van der Waals surface area contributed by atoms with E-state index < -0.39 is 0 Å². The van der Waals surface area contributed by atoms with Gasteiger partial charge in [0.2, 0.25) is 0 Å². The van der Waals surface area contributed by atoms with E-state index in [1.165, 1.54) is 24.3 Å². The molecule has 128 valence electrons. The van der Waals surface area contributed by atoms with E-state index in [9.17, 15) is 5.11 Å². The molecule has 2 fully saturated rings. The summed E-state index contributed by atoms with van der Waals surface area (Å²) >= 11 is 0. The third-order valence-corrected chi connectivity index (χ3v) is 5.54. The first-order valence-corrected chi connectivity index (χ1v) is 9.13. The maximum absolute atomic E-state index is 9.80. The lowest BCUT2D eigenvalue weighted by Gasteiger charge is -2.37. The predicted octanol–water partition coefficient (Wildman–Crippen LogP) is 2.03. The molecule has 23 heavy (non-hydrogen) atoms. The van der Waals surface area contributed by atoms with Crippen molar-refractivity contribution in [1.82, 2.24) is 9.80 Å². The Morgan fingerprint density at radius 2 is 1.83 bits per heavy atom. The van der Waals surface area contributed by atoms with E-state index in [0.717, 1.165) is 45.7 Å². The van der Waals surface area contributed by atoms with Crippen LogP contribution in [0, 0.1) is 5.92 Å². The van der Waals surface area contributed by atoms with Gasteiger partial charge in [0.25, 0.3) is 0 Å².